The number of amidine groups is 1. The zero-order valence-corrected chi connectivity index (χ0v) is 21.0. The molecule has 0 aromatic heterocycles. The SMILES string of the molecule is CCCCN=C1SC(=Cc2ccc(OCc3ccc(Cl)cc3)c(OC)c2)C(=O)N1CCCC. The van der Waals surface area contributed by atoms with Crippen LogP contribution in [0.5, 0.6) is 11.5 Å². The van der Waals surface area contributed by atoms with Gasteiger partial charge in [-0.1, -0.05) is 56.5 Å². The van der Waals surface area contributed by atoms with E-state index in [-0.39, 0.29) is 5.91 Å². The van der Waals surface area contributed by atoms with E-state index in [9.17, 15) is 4.79 Å². The summed E-state index contributed by atoms with van der Waals surface area (Å²) < 4.78 is 11.5. The molecule has 1 heterocycles. The van der Waals surface area contributed by atoms with Gasteiger partial charge in [-0.3, -0.25) is 14.7 Å². The van der Waals surface area contributed by atoms with Gasteiger partial charge in [-0.25, -0.2) is 0 Å². The van der Waals surface area contributed by atoms with E-state index in [1.807, 2.05) is 53.4 Å². The Balaban J connectivity index is 1.76. The Labute approximate surface area is 205 Å². The van der Waals surface area contributed by atoms with Gasteiger partial charge in [-0.15, -0.1) is 0 Å². The highest BCUT2D eigenvalue weighted by Crippen LogP contribution is 2.35. The number of methoxy groups -OCH3 is 1. The largest absolute Gasteiger partial charge is 0.493 e. The minimum absolute atomic E-state index is 0.0192. The molecular formula is C26H31ClN2O3S. The number of amides is 1. The maximum absolute atomic E-state index is 13.1. The highest BCUT2D eigenvalue weighted by atomic mass is 35.5. The number of nitrogens with zero attached hydrogens (tertiary/aromatic N) is 2. The van der Waals surface area contributed by atoms with Crippen molar-refractivity contribution < 1.29 is 14.3 Å². The van der Waals surface area contributed by atoms with E-state index in [1.54, 1.807) is 7.11 Å². The topological polar surface area (TPSA) is 51.1 Å². The Hall–Kier alpha value is -2.44. The third-order valence-electron chi connectivity index (χ3n) is 5.18. The van der Waals surface area contributed by atoms with Gasteiger partial charge in [0.05, 0.1) is 12.0 Å². The van der Waals surface area contributed by atoms with Crippen molar-refractivity contribution in [2.45, 2.75) is 46.1 Å². The van der Waals surface area contributed by atoms with Crippen molar-refractivity contribution in [1.29, 1.82) is 0 Å². The van der Waals surface area contributed by atoms with E-state index in [1.165, 1.54) is 11.8 Å². The molecule has 0 N–H and O–H groups in total. The first kappa shape index (κ1) is 25.2. The van der Waals surface area contributed by atoms with E-state index in [0.717, 1.165) is 48.5 Å². The average molecular weight is 487 g/mol. The van der Waals surface area contributed by atoms with Crippen molar-refractivity contribution in [2.24, 2.45) is 4.99 Å². The van der Waals surface area contributed by atoms with Gasteiger partial charge in [0.1, 0.15) is 6.61 Å². The van der Waals surface area contributed by atoms with E-state index >= 15 is 0 Å². The maximum Gasteiger partial charge on any atom is 0.266 e. The number of carbonyl (C=O) groups is 1. The zero-order valence-electron chi connectivity index (χ0n) is 19.5. The molecule has 176 valence electrons. The molecule has 3 rings (SSSR count). The summed E-state index contributed by atoms with van der Waals surface area (Å²) in [5, 5.41) is 1.50. The lowest BCUT2D eigenvalue weighted by molar-refractivity contribution is -0.122. The summed E-state index contributed by atoms with van der Waals surface area (Å²) in [5.74, 6) is 1.28. The van der Waals surface area contributed by atoms with Crippen LogP contribution < -0.4 is 9.47 Å². The quantitative estimate of drug-likeness (QED) is 0.259. The van der Waals surface area contributed by atoms with Gasteiger partial charge in [-0.2, -0.15) is 0 Å². The van der Waals surface area contributed by atoms with Crippen molar-refractivity contribution in [3.8, 4) is 11.5 Å². The lowest BCUT2D eigenvalue weighted by atomic mass is 10.1. The smallest absolute Gasteiger partial charge is 0.266 e. The van der Waals surface area contributed by atoms with Crippen LogP contribution in [0.2, 0.25) is 5.02 Å². The van der Waals surface area contributed by atoms with Gasteiger partial charge < -0.3 is 9.47 Å². The van der Waals surface area contributed by atoms with Crippen LogP contribution in [0, 0.1) is 0 Å². The van der Waals surface area contributed by atoms with Crippen molar-refractivity contribution in [3.63, 3.8) is 0 Å². The number of hydrogen-bond donors (Lipinski definition) is 0. The summed E-state index contributed by atoms with van der Waals surface area (Å²) in [5.41, 5.74) is 1.90. The second kappa shape index (κ2) is 12.7. The normalized spacial score (nSPS) is 16.1. The fourth-order valence-electron chi connectivity index (χ4n) is 3.26. The van der Waals surface area contributed by atoms with Crippen molar-refractivity contribution in [1.82, 2.24) is 4.90 Å². The summed E-state index contributed by atoms with van der Waals surface area (Å²) in [4.78, 5) is 20.2. The van der Waals surface area contributed by atoms with Crippen LogP contribution in [0.15, 0.2) is 52.4 Å². The standard InChI is InChI=1S/C26H31ClN2O3S/c1-4-6-14-28-26-29(15-7-5-2)25(30)24(33-26)17-20-10-13-22(23(16-20)31-3)32-18-19-8-11-21(27)12-9-19/h8-13,16-17H,4-7,14-15,18H2,1-3H3. The minimum atomic E-state index is 0.0192. The predicted octanol–water partition coefficient (Wildman–Crippen LogP) is 6.80. The van der Waals surface area contributed by atoms with Gasteiger partial charge in [0.15, 0.2) is 16.7 Å². The summed E-state index contributed by atoms with van der Waals surface area (Å²) >= 11 is 7.40. The van der Waals surface area contributed by atoms with Crippen molar-refractivity contribution in [3.05, 3.63) is 63.5 Å². The highest BCUT2D eigenvalue weighted by Gasteiger charge is 2.32. The molecule has 1 fully saturated rings. The van der Waals surface area contributed by atoms with Gasteiger partial charge in [0.2, 0.25) is 0 Å². The molecule has 2 aromatic carbocycles. The number of halogens is 1. The first-order valence-electron chi connectivity index (χ1n) is 11.4. The van der Waals surface area contributed by atoms with Crippen LogP contribution in [0.25, 0.3) is 6.08 Å². The third-order valence-corrected chi connectivity index (χ3v) is 6.47. The summed E-state index contributed by atoms with van der Waals surface area (Å²) in [7, 11) is 1.61. The molecule has 0 radical (unpaired) electrons. The third kappa shape index (κ3) is 7.02. The van der Waals surface area contributed by atoms with Gasteiger partial charge in [0.25, 0.3) is 5.91 Å². The number of benzene rings is 2. The molecule has 1 saturated heterocycles. The first-order valence-corrected chi connectivity index (χ1v) is 12.6. The van der Waals surface area contributed by atoms with E-state index in [4.69, 9.17) is 21.1 Å². The maximum atomic E-state index is 13.1. The molecule has 0 unspecified atom stereocenters. The fraction of sp³-hybridized carbons (Fsp3) is 0.385. The van der Waals surface area contributed by atoms with Crippen molar-refractivity contribution >= 4 is 40.5 Å². The van der Waals surface area contributed by atoms with Crippen LogP contribution in [0.3, 0.4) is 0 Å². The fourth-order valence-corrected chi connectivity index (χ4v) is 4.41. The van der Waals surface area contributed by atoms with Gasteiger partial charge >= 0.3 is 0 Å². The number of carbonyl (C=O) groups excluding carboxylic acids is 1. The van der Waals surface area contributed by atoms with E-state index in [0.29, 0.717) is 34.6 Å². The number of aliphatic imine (C=N–C) groups is 1. The second-order valence-corrected chi connectivity index (χ2v) is 9.21. The molecule has 1 amide bonds. The van der Waals surface area contributed by atoms with Crippen LogP contribution >= 0.6 is 23.4 Å². The Kier molecular flexibility index (Phi) is 9.70. The Morgan fingerprint density at radius 2 is 1.82 bits per heavy atom. The highest BCUT2D eigenvalue weighted by molar-refractivity contribution is 8.18. The first-order chi connectivity index (χ1) is 16.0. The van der Waals surface area contributed by atoms with Crippen molar-refractivity contribution in [2.75, 3.05) is 20.2 Å². The molecule has 7 heteroatoms. The van der Waals surface area contributed by atoms with Gasteiger partial charge in [0, 0.05) is 18.1 Å². The van der Waals surface area contributed by atoms with E-state index < -0.39 is 0 Å². The van der Waals surface area contributed by atoms with E-state index in [2.05, 4.69) is 18.8 Å². The van der Waals surface area contributed by atoms with Crippen LogP contribution in [-0.2, 0) is 11.4 Å². The molecule has 0 bridgehead atoms. The molecule has 1 aliphatic heterocycles. The number of ether oxygens (including phenoxy) is 2. The Morgan fingerprint density at radius 3 is 2.52 bits per heavy atom. The molecule has 0 saturated carbocycles. The lowest BCUT2D eigenvalue weighted by Gasteiger charge is -2.14. The number of rotatable bonds is 11. The molecule has 0 atom stereocenters. The Morgan fingerprint density at radius 1 is 1.06 bits per heavy atom. The monoisotopic (exact) mass is 486 g/mol. The van der Waals surface area contributed by atoms with Crippen LogP contribution in [-0.4, -0.2) is 36.2 Å². The molecule has 0 spiro atoms. The average Bonchev–Trinajstić information content (AvgIpc) is 3.11. The summed E-state index contributed by atoms with van der Waals surface area (Å²) in [6.45, 7) is 6.12. The second-order valence-electron chi connectivity index (χ2n) is 7.76. The predicted molar refractivity (Wildman–Crippen MR) is 138 cm³/mol. The number of hydrogen-bond acceptors (Lipinski definition) is 5. The molecule has 2 aromatic rings. The summed E-state index contributed by atoms with van der Waals surface area (Å²) in [6.07, 6.45) is 6.00. The summed E-state index contributed by atoms with van der Waals surface area (Å²) in [6, 6.07) is 13.2. The van der Waals surface area contributed by atoms with Crippen LogP contribution in [0.1, 0.15) is 50.7 Å². The number of thioether (sulfide) groups is 1. The molecule has 5 nitrogen and oxygen atoms in total. The lowest BCUT2D eigenvalue weighted by Crippen LogP contribution is -2.30. The molecular weight excluding hydrogens is 456 g/mol. The minimum Gasteiger partial charge on any atom is -0.493 e. The number of unbranched alkanes of at least 4 members (excludes halogenated alkanes) is 2. The van der Waals surface area contributed by atoms with Gasteiger partial charge in [-0.05, 0) is 66.1 Å². The molecule has 1 aliphatic rings. The van der Waals surface area contributed by atoms with Crippen LogP contribution in [0.4, 0.5) is 0 Å². The molecule has 0 aliphatic carbocycles. The Bertz CT molecular complexity index is 1010. The zero-order chi connectivity index (χ0) is 23.6. The molecule has 33 heavy (non-hydrogen) atoms.